The van der Waals surface area contributed by atoms with Gasteiger partial charge in [0, 0.05) is 42.5 Å². The van der Waals surface area contributed by atoms with Crippen LogP contribution in [0.3, 0.4) is 0 Å². The van der Waals surface area contributed by atoms with Crippen molar-refractivity contribution in [3.8, 4) is 17.2 Å². The van der Waals surface area contributed by atoms with Crippen molar-refractivity contribution >= 4 is 11.8 Å². The van der Waals surface area contributed by atoms with Gasteiger partial charge in [-0.25, -0.2) is 0 Å². The summed E-state index contributed by atoms with van der Waals surface area (Å²) in [7, 11) is 4.61. The number of amides is 2. The third-order valence-corrected chi connectivity index (χ3v) is 9.39. The van der Waals surface area contributed by atoms with Gasteiger partial charge in [0.1, 0.15) is 0 Å². The van der Waals surface area contributed by atoms with E-state index >= 15 is 0 Å². The van der Waals surface area contributed by atoms with Crippen molar-refractivity contribution in [2.24, 2.45) is 5.73 Å². The quantitative estimate of drug-likeness (QED) is 0.416. The van der Waals surface area contributed by atoms with Gasteiger partial charge < -0.3 is 24.8 Å². The van der Waals surface area contributed by atoms with Gasteiger partial charge in [-0.05, 0) is 61.7 Å². The summed E-state index contributed by atoms with van der Waals surface area (Å²) < 4.78 is 16.5. The summed E-state index contributed by atoms with van der Waals surface area (Å²) in [6, 6.07) is 17.3. The van der Waals surface area contributed by atoms with E-state index in [1.54, 1.807) is 18.3 Å². The first-order valence-electron chi connectivity index (χ1n) is 14.4. The first-order valence-corrected chi connectivity index (χ1v) is 14.4. The Morgan fingerprint density at radius 3 is 2.21 bits per heavy atom. The minimum Gasteiger partial charge on any atom is -0.493 e. The van der Waals surface area contributed by atoms with E-state index in [2.05, 4.69) is 22.9 Å². The molecule has 2 saturated heterocycles. The molecule has 0 bridgehead atoms. The average molecular weight is 573 g/mol. The summed E-state index contributed by atoms with van der Waals surface area (Å²) in [5.74, 6) is 0.863. The fraction of sp³-hybridized carbons (Fsp3) is 0.424. The first kappa shape index (κ1) is 29.4. The molecule has 2 aliphatic heterocycles. The van der Waals surface area contributed by atoms with Gasteiger partial charge in [0.15, 0.2) is 11.5 Å². The number of piperidine rings is 1. The number of likely N-dealkylation sites (tertiary alicyclic amines) is 2. The molecule has 3 aromatic rings. The summed E-state index contributed by atoms with van der Waals surface area (Å²) in [4.78, 5) is 36.2. The summed E-state index contributed by atoms with van der Waals surface area (Å²) >= 11 is 0. The lowest BCUT2D eigenvalue weighted by Crippen LogP contribution is -2.61. The normalized spacial score (nSPS) is 24.3. The van der Waals surface area contributed by atoms with Crippen LogP contribution in [-0.4, -0.2) is 80.1 Å². The predicted molar refractivity (Wildman–Crippen MR) is 160 cm³/mol. The average Bonchev–Trinajstić information content (AvgIpc) is 3.50. The van der Waals surface area contributed by atoms with Crippen LogP contribution in [0.4, 0.5) is 0 Å². The smallest absolute Gasteiger partial charge is 0.254 e. The highest BCUT2D eigenvalue weighted by atomic mass is 16.5. The highest BCUT2D eigenvalue weighted by molar-refractivity contribution is 5.96. The van der Waals surface area contributed by atoms with Crippen molar-refractivity contribution in [1.29, 1.82) is 0 Å². The molecule has 3 heterocycles. The maximum absolute atomic E-state index is 14.1. The third-order valence-electron chi connectivity index (χ3n) is 9.39. The number of nitrogens with zero attached hydrogens (tertiary/aromatic N) is 3. The largest absolute Gasteiger partial charge is 0.493 e. The molecule has 2 N–H and O–H groups in total. The molecule has 2 amide bonds. The number of benzene rings is 2. The second-order valence-corrected chi connectivity index (χ2v) is 11.2. The highest BCUT2D eigenvalue weighted by Crippen LogP contribution is 2.49. The molecule has 1 aromatic heterocycles. The van der Waals surface area contributed by atoms with Crippen molar-refractivity contribution < 1.29 is 23.8 Å². The van der Waals surface area contributed by atoms with Crippen LogP contribution in [-0.2, 0) is 15.6 Å². The summed E-state index contributed by atoms with van der Waals surface area (Å²) in [5.41, 5.74) is 7.42. The Labute approximate surface area is 247 Å². The second kappa shape index (κ2) is 12.0. The van der Waals surface area contributed by atoms with E-state index in [0.29, 0.717) is 48.7 Å². The number of rotatable bonds is 9. The van der Waals surface area contributed by atoms with Crippen LogP contribution in [0.15, 0.2) is 67.0 Å². The molecular formula is C33H40N4O5. The Balaban J connectivity index is 1.57. The zero-order valence-electron chi connectivity index (χ0n) is 24.8. The number of ether oxygens (including phenoxy) is 3. The molecule has 9 heteroatoms. The fourth-order valence-corrected chi connectivity index (χ4v) is 7.11. The molecule has 2 fully saturated rings. The molecule has 42 heavy (non-hydrogen) atoms. The van der Waals surface area contributed by atoms with Gasteiger partial charge in [-0.15, -0.1) is 0 Å². The van der Waals surface area contributed by atoms with Gasteiger partial charge in [0.25, 0.3) is 5.91 Å². The monoisotopic (exact) mass is 572 g/mol. The Morgan fingerprint density at radius 2 is 1.64 bits per heavy atom. The maximum atomic E-state index is 14.1. The van der Waals surface area contributed by atoms with Crippen molar-refractivity contribution in [3.05, 3.63) is 83.7 Å². The highest BCUT2D eigenvalue weighted by Gasteiger charge is 2.55. The third kappa shape index (κ3) is 4.96. The maximum Gasteiger partial charge on any atom is 0.254 e. The van der Waals surface area contributed by atoms with Crippen molar-refractivity contribution in [2.75, 3.05) is 47.5 Å². The number of nitrogens with two attached hydrogens (primary N) is 1. The van der Waals surface area contributed by atoms with Crippen LogP contribution in [0.1, 0.15) is 47.7 Å². The molecule has 9 nitrogen and oxygen atoms in total. The molecular weight excluding hydrogens is 532 g/mol. The number of methoxy groups -OCH3 is 3. The lowest BCUT2D eigenvalue weighted by Gasteiger charge is -2.52. The van der Waals surface area contributed by atoms with Gasteiger partial charge in [-0.1, -0.05) is 43.3 Å². The Hall–Kier alpha value is -4.11. The number of pyridine rings is 1. The van der Waals surface area contributed by atoms with E-state index in [1.165, 1.54) is 21.3 Å². The summed E-state index contributed by atoms with van der Waals surface area (Å²) in [6.07, 6.45) is 5.60. The molecule has 3 atom stereocenters. The molecule has 2 aromatic carbocycles. The SMILES string of the molecule is CCN1CCC(C(N)=O)(c2ccccc2)CC1C1(c2cccnc2)CCN(C(=O)c2cc(OC)c(OC)c(OC)c2)C1. The number of likely N-dealkylation sites (N-methyl/N-ethyl adjacent to an activating group) is 1. The molecule has 0 spiro atoms. The van der Waals surface area contributed by atoms with E-state index in [9.17, 15) is 9.59 Å². The molecule has 3 unspecified atom stereocenters. The number of primary amides is 1. The van der Waals surface area contributed by atoms with Crippen LogP contribution in [0, 0.1) is 0 Å². The van der Waals surface area contributed by atoms with E-state index in [4.69, 9.17) is 19.9 Å². The van der Waals surface area contributed by atoms with Crippen molar-refractivity contribution in [3.63, 3.8) is 0 Å². The van der Waals surface area contributed by atoms with Crippen LogP contribution >= 0.6 is 0 Å². The Morgan fingerprint density at radius 1 is 0.952 bits per heavy atom. The molecule has 0 saturated carbocycles. The molecule has 2 aliphatic rings. The van der Waals surface area contributed by atoms with Gasteiger partial charge in [-0.2, -0.15) is 0 Å². The molecule has 0 radical (unpaired) electrons. The number of aromatic nitrogens is 1. The van der Waals surface area contributed by atoms with E-state index in [-0.39, 0.29) is 17.9 Å². The van der Waals surface area contributed by atoms with Crippen LogP contribution < -0.4 is 19.9 Å². The Kier molecular flexibility index (Phi) is 8.41. The zero-order chi connectivity index (χ0) is 29.9. The van der Waals surface area contributed by atoms with E-state index < -0.39 is 10.8 Å². The van der Waals surface area contributed by atoms with Crippen LogP contribution in [0.25, 0.3) is 0 Å². The number of hydrogen-bond acceptors (Lipinski definition) is 7. The molecule has 222 valence electrons. The zero-order valence-corrected chi connectivity index (χ0v) is 24.8. The van der Waals surface area contributed by atoms with Crippen molar-refractivity contribution in [1.82, 2.24) is 14.8 Å². The topological polar surface area (TPSA) is 107 Å². The lowest BCUT2D eigenvalue weighted by molar-refractivity contribution is -0.127. The van der Waals surface area contributed by atoms with Gasteiger partial charge in [0.05, 0.1) is 26.7 Å². The van der Waals surface area contributed by atoms with Crippen molar-refractivity contribution in [2.45, 2.75) is 43.1 Å². The minimum atomic E-state index is -0.805. The molecule has 0 aliphatic carbocycles. The number of hydrogen-bond donors (Lipinski definition) is 1. The summed E-state index contributed by atoms with van der Waals surface area (Å²) in [5, 5.41) is 0. The predicted octanol–water partition coefficient (Wildman–Crippen LogP) is 3.80. The first-order chi connectivity index (χ1) is 20.3. The number of carbonyl (C=O) groups excluding carboxylic acids is 2. The minimum absolute atomic E-state index is 0.0501. The van der Waals surface area contributed by atoms with Gasteiger partial charge in [-0.3, -0.25) is 19.5 Å². The second-order valence-electron chi connectivity index (χ2n) is 11.2. The van der Waals surface area contributed by atoms with Gasteiger partial charge >= 0.3 is 0 Å². The van der Waals surface area contributed by atoms with E-state index in [1.807, 2.05) is 47.5 Å². The van der Waals surface area contributed by atoms with Crippen LogP contribution in [0.2, 0.25) is 0 Å². The molecule has 5 rings (SSSR count). The standard InChI is InChI=1S/C33H40N4O5/c1-5-36-16-13-32(31(34)39,24-10-7-6-8-11-24)20-28(36)33(25-12-9-15-35-21-25)14-17-37(22-33)30(38)23-18-26(40-2)29(42-4)27(19-23)41-3/h6-12,15,18-19,21,28H,5,13-14,16-17,20,22H2,1-4H3,(H2,34,39). The van der Waals surface area contributed by atoms with E-state index in [0.717, 1.165) is 30.6 Å². The Bertz CT molecular complexity index is 1390. The summed E-state index contributed by atoms with van der Waals surface area (Å²) in [6.45, 7) is 4.71. The van der Waals surface area contributed by atoms with Crippen LogP contribution in [0.5, 0.6) is 17.2 Å². The van der Waals surface area contributed by atoms with Gasteiger partial charge in [0.2, 0.25) is 11.7 Å². The fourth-order valence-electron chi connectivity index (χ4n) is 7.11. The lowest BCUT2D eigenvalue weighted by atomic mass is 9.62. The number of carbonyl (C=O) groups is 2.